The monoisotopic (exact) mass is 190 g/mol. The van der Waals surface area contributed by atoms with Crippen molar-refractivity contribution in [2.24, 2.45) is 23.2 Å². The Labute approximate surface area is 74.9 Å². The normalized spacial score (nSPS) is 44.2. The van der Waals surface area contributed by atoms with E-state index in [0.29, 0.717) is 0 Å². The lowest BCUT2D eigenvalue weighted by atomic mass is 10.1. The molecule has 3 atom stereocenters. The highest BCUT2D eigenvalue weighted by molar-refractivity contribution is 5.75. The Hall–Kier alpha value is -0.670. The SMILES string of the molecule is CC1(C)[C@@H](C(=O)O)[C@@H]1C1CC1(F)F. The number of carbonyl (C=O) groups is 1. The van der Waals surface area contributed by atoms with Crippen LogP contribution in [0.15, 0.2) is 0 Å². The van der Waals surface area contributed by atoms with Gasteiger partial charge in [0, 0.05) is 12.3 Å². The minimum absolute atomic E-state index is 0.120. The van der Waals surface area contributed by atoms with Gasteiger partial charge >= 0.3 is 5.97 Å². The topological polar surface area (TPSA) is 37.3 Å². The van der Waals surface area contributed by atoms with Crippen LogP contribution in [0.4, 0.5) is 8.78 Å². The van der Waals surface area contributed by atoms with Crippen molar-refractivity contribution in [3.05, 3.63) is 0 Å². The number of hydrogen-bond acceptors (Lipinski definition) is 1. The number of halogens is 2. The van der Waals surface area contributed by atoms with Crippen LogP contribution in [0, 0.1) is 23.2 Å². The fourth-order valence-corrected chi connectivity index (χ4v) is 2.52. The van der Waals surface area contributed by atoms with Crippen LogP contribution in [0.3, 0.4) is 0 Å². The van der Waals surface area contributed by atoms with Crippen LogP contribution >= 0.6 is 0 Å². The molecule has 0 aliphatic heterocycles. The van der Waals surface area contributed by atoms with E-state index in [1.54, 1.807) is 13.8 Å². The molecule has 0 bridgehead atoms. The Morgan fingerprint density at radius 3 is 2.15 bits per heavy atom. The molecule has 0 radical (unpaired) electrons. The second-order valence-corrected chi connectivity index (χ2v) is 4.73. The number of carboxylic acid groups (broad SMARTS) is 1. The fraction of sp³-hybridized carbons (Fsp3) is 0.889. The second-order valence-electron chi connectivity index (χ2n) is 4.73. The molecule has 74 valence electrons. The standard InChI is InChI=1S/C9H12F2O2/c1-8(2)5(6(8)7(12)13)4-3-9(4,10)11/h4-6H,3H2,1-2H3,(H,12,13)/t4?,5-,6+/m0/s1. The minimum atomic E-state index is -2.59. The molecule has 0 aromatic heterocycles. The zero-order valence-electron chi connectivity index (χ0n) is 7.55. The fourth-order valence-electron chi connectivity index (χ4n) is 2.52. The lowest BCUT2D eigenvalue weighted by Gasteiger charge is -1.99. The Kier molecular flexibility index (Phi) is 1.40. The molecule has 0 heterocycles. The molecule has 1 unspecified atom stereocenters. The van der Waals surface area contributed by atoms with E-state index in [1.165, 1.54) is 0 Å². The van der Waals surface area contributed by atoms with Crippen molar-refractivity contribution < 1.29 is 18.7 Å². The summed E-state index contributed by atoms with van der Waals surface area (Å²) in [6.45, 7) is 3.51. The molecule has 13 heavy (non-hydrogen) atoms. The summed E-state index contributed by atoms with van der Waals surface area (Å²) in [7, 11) is 0. The maximum Gasteiger partial charge on any atom is 0.307 e. The predicted octanol–water partition coefficient (Wildman–Crippen LogP) is 2.00. The molecule has 2 rings (SSSR count). The van der Waals surface area contributed by atoms with Gasteiger partial charge in [0.1, 0.15) is 0 Å². The summed E-state index contributed by atoms with van der Waals surface area (Å²) in [5.74, 6) is -5.08. The molecule has 2 aliphatic carbocycles. The highest BCUT2D eigenvalue weighted by Gasteiger charge is 2.75. The summed E-state index contributed by atoms with van der Waals surface area (Å²) in [6.07, 6.45) is -0.120. The van der Waals surface area contributed by atoms with E-state index in [2.05, 4.69) is 0 Å². The van der Waals surface area contributed by atoms with Gasteiger partial charge in [0.2, 0.25) is 0 Å². The van der Waals surface area contributed by atoms with Gasteiger partial charge in [-0.2, -0.15) is 0 Å². The number of carboxylic acids is 1. The van der Waals surface area contributed by atoms with E-state index in [1.807, 2.05) is 0 Å². The van der Waals surface area contributed by atoms with Gasteiger partial charge in [-0.05, 0) is 11.3 Å². The predicted molar refractivity (Wildman–Crippen MR) is 41.5 cm³/mol. The zero-order chi connectivity index (χ0) is 10.0. The lowest BCUT2D eigenvalue weighted by Crippen LogP contribution is -2.04. The summed E-state index contributed by atoms with van der Waals surface area (Å²) >= 11 is 0. The zero-order valence-corrected chi connectivity index (χ0v) is 7.55. The number of aliphatic carboxylic acids is 1. The molecular weight excluding hydrogens is 178 g/mol. The molecule has 0 aromatic rings. The first kappa shape index (κ1) is 8.91. The van der Waals surface area contributed by atoms with Gasteiger partial charge < -0.3 is 5.11 Å². The molecule has 0 amide bonds. The Balaban J connectivity index is 2.09. The molecule has 2 aliphatic rings. The quantitative estimate of drug-likeness (QED) is 0.723. The van der Waals surface area contributed by atoms with Gasteiger partial charge in [-0.3, -0.25) is 4.79 Å². The van der Waals surface area contributed by atoms with Gasteiger partial charge in [-0.1, -0.05) is 13.8 Å². The second kappa shape index (κ2) is 2.04. The largest absolute Gasteiger partial charge is 0.481 e. The summed E-state index contributed by atoms with van der Waals surface area (Å²) in [5.41, 5.74) is -0.434. The van der Waals surface area contributed by atoms with Gasteiger partial charge in [-0.25, -0.2) is 8.78 Å². The summed E-state index contributed by atoms with van der Waals surface area (Å²) in [4.78, 5) is 10.7. The van der Waals surface area contributed by atoms with Gasteiger partial charge in [0.05, 0.1) is 5.92 Å². The Morgan fingerprint density at radius 2 is 1.92 bits per heavy atom. The third-order valence-electron chi connectivity index (χ3n) is 3.48. The first-order valence-corrected chi connectivity index (χ1v) is 4.39. The average Bonchev–Trinajstić information content (AvgIpc) is 2.68. The van der Waals surface area contributed by atoms with Crippen molar-refractivity contribution in [2.45, 2.75) is 26.2 Å². The molecule has 2 nitrogen and oxygen atoms in total. The third kappa shape index (κ3) is 1.07. The van der Waals surface area contributed by atoms with E-state index >= 15 is 0 Å². The van der Waals surface area contributed by atoms with Crippen molar-refractivity contribution in [3.63, 3.8) is 0 Å². The molecule has 0 saturated heterocycles. The van der Waals surface area contributed by atoms with Crippen LogP contribution in [-0.4, -0.2) is 17.0 Å². The molecular formula is C9H12F2O2. The summed E-state index contributed by atoms with van der Waals surface area (Å²) < 4.78 is 25.3. The maximum atomic E-state index is 12.7. The number of alkyl halides is 2. The van der Waals surface area contributed by atoms with Gasteiger partial charge in [0.15, 0.2) is 0 Å². The van der Waals surface area contributed by atoms with Crippen LogP contribution in [-0.2, 0) is 4.79 Å². The Bertz CT molecular complexity index is 273. The molecule has 2 saturated carbocycles. The van der Waals surface area contributed by atoms with Crippen LogP contribution < -0.4 is 0 Å². The van der Waals surface area contributed by atoms with Crippen molar-refractivity contribution in [1.82, 2.24) is 0 Å². The molecule has 4 heteroatoms. The van der Waals surface area contributed by atoms with Crippen molar-refractivity contribution in [2.75, 3.05) is 0 Å². The molecule has 2 fully saturated rings. The first-order valence-electron chi connectivity index (χ1n) is 4.39. The molecule has 1 N–H and O–H groups in total. The summed E-state index contributed by atoms with van der Waals surface area (Å²) in [6, 6.07) is 0. The van der Waals surface area contributed by atoms with Gasteiger partial charge in [-0.15, -0.1) is 0 Å². The van der Waals surface area contributed by atoms with E-state index in [0.717, 1.165) is 0 Å². The first-order chi connectivity index (χ1) is 5.78. The van der Waals surface area contributed by atoms with E-state index in [-0.39, 0.29) is 12.3 Å². The van der Waals surface area contributed by atoms with Crippen molar-refractivity contribution in [3.8, 4) is 0 Å². The highest BCUT2D eigenvalue weighted by Crippen LogP contribution is 2.71. The van der Waals surface area contributed by atoms with Crippen LogP contribution in [0.5, 0.6) is 0 Å². The Morgan fingerprint density at radius 1 is 1.46 bits per heavy atom. The van der Waals surface area contributed by atoms with E-state index in [9.17, 15) is 13.6 Å². The molecule has 0 aromatic carbocycles. The lowest BCUT2D eigenvalue weighted by molar-refractivity contribution is -0.139. The third-order valence-corrected chi connectivity index (χ3v) is 3.48. The minimum Gasteiger partial charge on any atom is -0.481 e. The number of hydrogen-bond donors (Lipinski definition) is 1. The average molecular weight is 190 g/mol. The van der Waals surface area contributed by atoms with Crippen molar-refractivity contribution >= 4 is 5.97 Å². The maximum absolute atomic E-state index is 12.7. The van der Waals surface area contributed by atoms with Crippen LogP contribution in [0.1, 0.15) is 20.3 Å². The van der Waals surface area contributed by atoms with Gasteiger partial charge in [0.25, 0.3) is 5.92 Å². The van der Waals surface area contributed by atoms with E-state index < -0.39 is 29.1 Å². The number of rotatable bonds is 2. The summed E-state index contributed by atoms with van der Waals surface area (Å²) in [5, 5.41) is 8.76. The van der Waals surface area contributed by atoms with E-state index in [4.69, 9.17) is 5.11 Å². The van der Waals surface area contributed by atoms with Crippen LogP contribution in [0.25, 0.3) is 0 Å². The molecule has 0 spiro atoms. The highest BCUT2D eigenvalue weighted by atomic mass is 19.3. The van der Waals surface area contributed by atoms with Crippen LogP contribution in [0.2, 0.25) is 0 Å². The van der Waals surface area contributed by atoms with Crippen molar-refractivity contribution in [1.29, 1.82) is 0 Å². The smallest absolute Gasteiger partial charge is 0.307 e.